The van der Waals surface area contributed by atoms with Gasteiger partial charge in [-0.25, -0.2) is 4.39 Å². The highest BCUT2D eigenvalue weighted by Crippen LogP contribution is 2.29. The second-order valence-electron chi connectivity index (χ2n) is 6.05. The molecule has 1 fully saturated rings. The predicted octanol–water partition coefficient (Wildman–Crippen LogP) is 3.87. The van der Waals surface area contributed by atoms with Crippen molar-refractivity contribution in [2.24, 2.45) is 0 Å². The van der Waals surface area contributed by atoms with Crippen LogP contribution in [0.5, 0.6) is 0 Å². The zero-order valence-electron chi connectivity index (χ0n) is 12.8. The molecule has 114 valence electrons. The van der Waals surface area contributed by atoms with Gasteiger partial charge in [0.25, 0.3) is 0 Å². The maximum Gasteiger partial charge on any atom is 0.227 e. The van der Waals surface area contributed by atoms with Gasteiger partial charge in [0.2, 0.25) is 5.91 Å². The lowest BCUT2D eigenvalue weighted by Gasteiger charge is -2.23. The van der Waals surface area contributed by atoms with E-state index in [9.17, 15) is 9.18 Å². The number of hydrogen-bond donors (Lipinski definition) is 0. The van der Waals surface area contributed by atoms with Gasteiger partial charge in [0.15, 0.2) is 0 Å². The Labute approximate surface area is 130 Å². The number of carbonyl (C=O) groups is 1. The van der Waals surface area contributed by atoms with Crippen molar-refractivity contribution in [3.63, 3.8) is 0 Å². The number of aryl methyl sites for hydroxylation is 1. The third-order valence-electron chi connectivity index (χ3n) is 4.03. The zero-order valence-corrected chi connectivity index (χ0v) is 12.8. The van der Waals surface area contributed by atoms with E-state index in [0.717, 1.165) is 24.0 Å². The Morgan fingerprint density at radius 3 is 2.50 bits per heavy atom. The van der Waals surface area contributed by atoms with Gasteiger partial charge in [0, 0.05) is 12.6 Å². The summed E-state index contributed by atoms with van der Waals surface area (Å²) in [4.78, 5) is 14.5. The minimum Gasteiger partial charge on any atom is -0.335 e. The second-order valence-corrected chi connectivity index (χ2v) is 6.05. The van der Waals surface area contributed by atoms with Crippen LogP contribution in [0.2, 0.25) is 0 Å². The van der Waals surface area contributed by atoms with Crippen molar-refractivity contribution >= 4 is 5.91 Å². The fourth-order valence-electron chi connectivity index (χ4n) is 2.62. The average molecular weight is 297 g/mol. The minimum absolute atomic E-state index is 0.121. The predicted molar refractivity (Wildman–Crippen MR) is 84.9 cm³/mol. The van der Waals surface area contributed by atoms with Crippen molar-refractivity contribution < 1.29 is 9.18 Å². The van der Waals surface area contributed by atoms with Crippen LogP contribution < -0.4 is 0 Å². The zero-order chi connectivity index (χ0) is 15.5. The first-order valence-electron chi connectivity index (χ1n) is 7.71. The van der Waals surface area contributed by atoms with E-state index in [1.54, 1.807) is 6.07 Å². The molecule has 0 atom stereocenters. The molecular weight excluding hydrogens is 277 g/mol. The maximum absolute atomic E-state index is 13.3. The Balaban J connectivity index is 1.70. The van der Waals surface area contributed by atoms with E-state index in [4.69, 9.17) is 0 Å². The minimum atomic E-state index is -0.251. The molecule has 0 heterocycles. The van der Waals surface area contributed by atoms with E-state index in [2.05, 4.69) is 0 Å². The van der Waals surface area contributed by atoms with E-state index < -0.39 is 0 Å². The summed E-state index contributed by atoms with van der Waals surface area (Å²) in [7, 11) is 0. The highest BCUT2D eigenvalue weighted by molar-refractivity contribution is 5.79. The van der Waals surface area contributed by atoms with Gasteiger partial charge in [-0.2, -0.15) is 0 Å². The van der Waals surface area contributed by atoms with Crippen LogP contribution in [0.25, 0.3) is 0 Å². The number of amides is 1. The Morgan fingerprint density at radius 2 is 1.86 bits per heavy atom. The third-order valence-corrected chi connectivity index (χ3v) is 4.03. The highest BCUT2D eigenvalue weighted by Gasteiger charge is 2.32. The Kier molecular flexibility index (Phi) is 4.23. The number of carbonyl (C=O) groups excluding carboxylic acids is 1. The molecule has 2 nitrogen and oxygen atoms in total. The van der Waals surface area contributed by atoms with Crippen molar-refractivity contribution in [1.82, 2.24) is 4.90 Å². The summed E-state index contributed by atoms with van der Waals surface area (Å²) in [5.74, 6) is -0.130. The Bertz CT molecular complexity index is 661. The van der Waals surface area contributed by atoms with Crippen LogP contribution >= 0.6 is 0 Å². The summed E-state index contributed by atoms with van der Waals surface area (Å²) in [5, 5.41) is 0. The summed E-state index contributed by atoms with van der Waals surface area (Å²) < 4.78 is 13.3. The molecule has 3 rings (SSSR count). The first-order valence-corrected chi connectivity index (χ1v) is 7.71. The van der Waals surface area contributed by atoms with Gasteiger partial charge in [0.05, 0.1) is 6.42 Å². The van der Waals surface area contributed by atoms with Crippen molar-refractivity contribution in [3.8, 4) is 0 Å². The van der Waals surface area contributed by atoms with Gasteiger partial charge >= 0.3 is 0 Å². The lowest BCUT2D eigenvalue weighted by atomic mass is 10.1. The molecule has 1 aliphatic rings. The SMILES string of the molecule is Cc1ccc(CC(=O)N(Cc2cccc(F)c2)C2CC2)cc1. The van der Waals surface area contributed by atoms with E-state index >= 15 is 0 Å². The monoisotopic (exact) mass is 297 g/mol. The molecule has 1 amide bonds. The van der Waals surface area contributed by atoms with Crippen LogP contribution in [-0.2, 0) is 17.8 Å². The molecule has 1 saturated carbocycles. The topological polar surface area (TPSA) is 20.3 Å². The van der Waals surface area contributed by atoms with Gasteiger partial charge in [-0.05, 0) is 43.0 Å². The molecule has 2 aromatic carbocycles. The van der Waals surface area contributed by atoms with Crippen LogP contribution in [0.1, 0.15) is 29.5 Å². The summed E-state index contributed by atoms with van der Waals surface area (Å²) in [6.45, 7) is 2.53. The van der Waals surface area contributed by atoms with E-state index in [0.29, 0.717) is 19.0 Å². The van der Waals surface area contributed by atoms with Crippen LogP contribution in [0, 0.1) is 12.7 Å². The maximum atomic E-state index is 13.3. The van der Waals surface area contributed by atoms with Gasteiger partial charge in [-0.1, -0.05) is 42.0 Å². The van der Waals surface area contributed by atoms with Crippen molar-refractivity contribution in [1.29, 1.82) is 0 Å². The molecule has 0 aromatic heterocycles. The molecule has 0 spiro atoms. The van der Waals surface area contributed by atoms with Gasteiger partial charge in [0.1, 0.15) is 5.82 Å². The Morgan fingerprint density at radius 1 is 1.14 bits per heavy atom. The molecule has 0 unspecified atom stereocenters. The number of nitrogens with zero attached hydrogens (tertiary/aromatic N) is 1. The molecule has 22 heavy (non-hydrogen) atoms. The van der Waals surface area contributed by atoms with E-state index in [1.165, 1.54) is 17.7 Å². The normalized spacial score (nSPS) is 13.9. The number of hydrogen-bond acceptors (Lipinski definition) is 1. The molecular formula is C19H20FNO. The van der Waals surface area contributed by atoms with Crippen LogP contribution in [0.3, 0.4) is 0 Å². The highest BCUT2D eigenvalue weighted by atomic mass is 19.1. The summed E-state index contributed by atoms with van der Waals surface area (Å²) in [6, 6.07) is 14.9. The molecule has 0 saturated heterocycles. The van der Waals surface area contributed by atoms with E-state index in [-0.39, 0.29) is 11.7 Å². The first kappa shape index (κ1) is 14.8. The molecule has 0 radical (unpaired) electrons. The molecule has 1 aliphatic carbocycles. The summed E-state index contributed by atoms with van der Waals surface area (Å²) in [6.07, 6.45) is 2.51. The molecule has 0 bridgehead atoms. The second kappa shape index (κ2) is 6.30. The smallest absolute Gasteiger partial charge is 0.227 e. The first-order chi connectivity index (χ1) is 10.6. The number of benzene rings is 2. The van der Waals surface area contributed by atoms with Gasteiger partial charge in [-0.3, -0.25) is 4.79 Å². The molecule has 0 N–H and O–H groups in total. The number of rotatable bonds is 5. The van der Waals surface area contributed by atoms with E-state index in [1.807, 2.05) is 42.2 Å². The summed E-state index contributed by atoms with van der Waals surface area (Å²) in [5.41, 5.74) is 3.07. The quantitative estimate of drug-likeness (QED) is 0.820. The average Bonchev–Trinajstić information content (AvgIpc) is 3.32. The lowest BCUT2D eigenvalue weighted by Crippen LogP contribution is -2.33. The largest absolute Gasteiger partial charge is 0.335 e. The fraction of sp³-hybridized carbons (Fsp3) is 0.316. The Hall–Kier alpha value is -2.16. The molecule has 3 heteroatoms. The number of halogens is 1. The van der Waals surface area contributed by atoms with Gasteiger partial charge in [-0.15, -0.1) is 0 Å². The molecule has 2 aromatic rings. The summed E-state index contributed by atoms with van der Waals surface area (Å²) >= 11 is 0. The molecule has 0 aliphatic heterocycles. The fourth-order valence-corrected chi connectivity index (χ4v) is 2.62. The van der Waals surface area contributed by atoms with Crippen molar-refractivity contribution in [2.45, 2.75) is 38.8 Å². The van der Waals surface area contributed by atoms with Crippen LogP contribution in [0.15, 0.2) is 48.5 Å². The van der Waals surface area contributed by atoms with Crippen molar-refractivity contribution in [3.05, 3.63) is 71.0 Å². The lowest BCUT2D eigenvalue weighted by molar-refractivity contribution is -0.131. The van der Waals surface area contributed by atoms with Crippen molar-refractivity contribution in [2.75, 3.05) is 0 Å². The van der Waals surface area contributed by atoms with Crippen LogP contribution in [-0.4, -0.2) is 16.8 Å². The standard InChI is InChI=1S/C19H20FNO/c1-14-5-7-15(8-6-14)12-19(22)21(18-9-10-18)13-16-3-2-4-17(20)11-16/h2-8,11,18H,9-10,12-13H2,1H3. The van der Waals surface area contributed by atoms with Crippen LogP contribution in [0.4, 0.5) is 4.39 Å². The third kappa shape index (κ3) is 3.73. The van der Waals surface area contributed by atoms with Gasteiger partial charge < -0.3 is 4.90 Å².